The summed E-state index contributed by atoms with van der Waals surface area (Å²) >= 11 is 7.43. The molecular formula is C10H11ClO2S. The van der Waals surface area contributed by atoms with Crippen LogP contribution in [0.25, 0.3) is 0 Å². The van der Waals surface area contributed by atoms with E-state index in [0.29, 0.717) is 16.3 Å². The van der Waals surface area contributed by atoms with Crippen LogP contribution in [0.3, 0.4) is 0 Å². The minimum Gasteiger partial charge on any atom is -0.396 e. The maximum Gasteiger partial charge on any atom is 0.159 e. The average Bonchev–Trinajstić information content (AvgIpc) is 2.15. The van der Waals surface area contributed by atoms with Gasteiger partial charge in [0, 0.05) is 16.2 Å². The molecular weight excluding hydrogens is 220 g/mol. The third kappa shape index (κ3) is 3.01. The molecule has 0 atom stereocenters. The SMILES string of the molecule is CC(=O)c1ccc(SCCO)c(Cl)c1. The highest BCUT2D eigenvalue weighted by molar-refractivity contribution is 7.99. The number of ketones is 1. The molecule has 14 heavy (non-hydrogen) atoms. The molecule has 0 saturated heterocycles. The molecule has 0 radical (unpaired) electrons. The molecule has 4 heteroatoms. The van der Waals surface area contributed by atoms with E-state index in [2.05, 4.69) is 0 Å². The van der Waals surface area contributed by atoms with Gasteiger partial charge < -0.3 is 5.11 Å². The van der Waals surface area contributed by atoms with Gasteiger partial charge in [-0.25, -0.2) is 0 Å². The van der Waals surface area contributed by atoms with Crippen molar-refractivity contribution in [3.8, 4) is 0 Å². The van der Waals surface area contributed by atoms with E-state index < -0.39 is 0 Å². The zero-order valence-electron chi connectivity index (χ0n) is 7.79. The van der Waals surface area contributed by atoms with Gasteiger partial charge in [0.25, 0.3) is 0 Å². The molecule has 1 N–H and O–H groups in total. The van der Waals surface area contributed by atoms with Crippen LogP contribution in [-0.4, -0.2) is 23.2 Å². The second kappa shape index (κ2) is 5.39. The summed E-state index contributed by atoms with van der Waals surface area (Å²) in [7, 11) is 0. The number of aliphatic hydroxyl groups excluding tert-OH is 1. The Morgan fingerprint density at radius 2 is 2.29 bits per heavy atom. The fourth-order valence-electron chi connectivity index (χ4n) is 0.992. The summed E-state index contributed by atoms with van der Waals surface area (Å²) in [5, 5.41) is 9.21. The van der Waals surface area contributed by atoms with Crippen molar-refractivity contribution in [2.75, 3.05) is 12.4 Å². The number of carbonyl (C=O) groups excluding carboxylic acids is 1. The molecule has 0 amide bonds. The fourth-order valence-corrected chi connectivity index (χ4v) is 2.01. The highest BCUT2D eigenvalue weighted by atomic mass is 35.5. The Morgan fingerprint density at radius 1 is 1.57 bits per heavy atom. The Kier molecular flexibility index (Phi) is 4.45. The number of hydrogen-bond donors (Lipinski definition) is 1. The van der Waals surface area contributed by atoms with Crippen LogP contribution in [0.5, 0.6) is 0 Å². The number of thioether (sulfide) groups is 1. The van der Waals surface area contributed by atoms with Gasteiger partial charge in [0.2, 0.25) is 0 Å². The standard InChI is InChI=1S/C10H11ClO2S/c1-7(13)8-2-3-10(9(11)6-8)14-5-4-12/h2-3,6,12H,4-5H2,1H3. The predicted octanol–water partition coefficient (Wildman–Crippen LogP) is 2.63. The van der Waals surface area contributed by atoms with E-state index in [-0.39, 0.29) is 12.4 Å². The summed E-state index contributed by atoms with van der Waals surface area (Å²) in [6.07, 6.45) is 0. The normalized spacial score (nSPS) is 10.2. The van der Waals surface area contributed by atoms with Crippen molar-refractivity contribution in [2.45, 2.75) is 11.8 Å². The lowest BCUT2D eigenvalue weighted by Crippen LogP contribution is -1.92. The van der Waals surface area contributed by atoms with Crippen molar-refractivity contribution in [3.63, 3.8) is 0 Å². The van der Waals surface area contributed by atoms with Crippen LogP contribution in [-0.2, 0) is 0 Å². The van der Waals surface area contributed by atoms with Crippen LogP contribution < -0.4 is 0 Å². The first-order valence-corrected chi connectivity index (χ1v) is 5.55. The second-order valence-corrected chi connectivity index (χ2v) is 4.32. The molecule has 1 aromatic carbocycles. The number of carbonyl (C=O) groups is 1. The van der Waals surface area contributed by atoms with Crippen molar-refractivity contribution in [2.24, 2.45) is 0 Å². The Bertz CT molecular complexity index is 339. The van der Waals surface area contributed by atoms with Crippen LogP contribution >= 0.6 is 23.4 Å². The average molecular weight is 231 g/mol. The highest BCUT2D eigenvalue weighted by Crippen LogP contribution is 2.27. The molecule has 0 unspecified atom stereocenters. The van der Waals surface area contributed by atoms with Gasteiger partial charge in [-0.1, -0.05) is 17.7 Å². The number of aliphatic hydroxyl groups is 1. The summed E-state index contributed by atoms with van der Waals surface area (Å²) in [6.45, 7) is 1.63. The molecule has 1 aromatic rings. The molecule has 0 saturated carbocycles. The van der Waals surface area contributed by atoms with Crippen LogP contribution in [0.1, 0.15) is 17.3 Å². The molecule has 2 nitrogen and oxygen atoms in total. The molecule has 0 aliphatic carbocycles. The van der Waals surface area contributed by atoms with Crippen LogP contribution in [0, 0.1) is 0 Å². The molecule has 0 fully saturated rings. The van der Waals surface area contributed by atoms with Crippen molar-refractivity contribution in [1.29, 1.82) is 0 Å². The summed E-state index contributed by atoms with van der Waals surface area (Å²) in [5.41, 5.74) is 0.614. The zero-order valence-corrected chi connectivity index (χ0v) is 9.36. The number of hydrogen-bond acceptors (Lipinski definition) is 3. The van der Waals surface area contributed by atoms with Gasteiger partial charge in [-0.05, 0) is 19.1 Å². The van der Waals surface area contributed by atoms with E-state index in [9.17, 15) is 4.79 Å². The Labute approximate surface area is 92.3 Å². The largest absolute Gasteiger partial charge is 0.396 e. The highest BCUT2D eigenvalue weighted by Gasteiger charge is 2.04. The molecule has 1 rings (SSSR count). The summed E-state index contributed by atoms with van der Waals surface area (Å²) < 4.78 is 0. The molecule has 0 aliphatic rings. The van der Waals surface area contributed by atoms with Gasteiger partial charge in [-0.2, -0.15) is 0 Å². The monoisotopic (exact) mass is 230 g/mol. The van der Waals surface area contributed by atoms with Gasteiger partial charge >= 0.3 is 0 Å². The van der Waals surface area contributed by atoms with E-state index >= 15 is 0 Å². The first-order chi connectivity index (χ1) is 6.65. The predicted molar refractivity (Wildman–Crippen MR) is 59.3 cm³/mol. The van der Waals surface area contributed by atoms with E-state index in [1.807, 2.05) is 0 Å². The third-order valence-electron chi connectivity index (χ3n) is 1.69. The maximum absolute atomic E-state index is 11.0. The summed E-state index contributed by atoms with van der Waals surface area (Å²) in [6, 6.07) is 5.21. The topological polar surface area (TPSA) is 37.3 Å². The number of halogens is 1. The van der Waals surface area contributed by atoms with E-state index in [1.165, 1.54) is 18.7 Å². The van der Waals surface area contributed by atoms with Crippen LogP contribution in [0.15, 0.2) is 23.1 Å². The lowest BCUT2D eigenvalue weighted by atomic mass is 10.1. The fraction of sp³-hybridized carbons (Fsp3) is 0.300. The van der Waals surface area contributed by atoms with Gasteiger partial charge in [-0.15, -0.1) is 11.8 Å². The van der Waals surface area contributed by atoms with Crippen molar-refractivity contribution >= 4 is 29.1 Å². The van der Waals surface area contributed by atoms with Crippen molar-refractivity contribution in [3.05, 3.63) is 28.8 Å². The second-order valence-electron chi connectivity index (χ2n) is 2.77. The van der Waals surface area contributed by atoms with Crippen LogP contribution in [0.2, 0.25) is 5.02 Å². The number of Topliss-reactive ketones (excluding diaryl/α,β-unsaturated/α-hetero) is 1. The van der Waals surface area contributed by atoms with E-state index in [1.54, 1.807) is 18.2 Å². The van der Waals surface area contributed by atoms with Crippen molar-refractivity contribution < 1.29 is 9.90 Å². The van der Waals surface area contributed by atoms with Gasteiger partial charge in [0.05, 0.1) is 11.6 Å². The first-order valence-electron chi connectivity index (χ1n) is 4.19. The molecule has 0 aliphatic heterocycles. The van der Waals surface area contributed by atoms with E-state index in [4.69, 9.17) is 16.7 Å². The minimum absolute atomic E-state index is 0.00519. The van der Waals surface area contributed by atoms with Gasteiger partial charge in [-0.3, -0.25) is 4.79 Å². The zero-order chi connectivity index (χ0) is 10.6. The maximum atomic E-state index is 11.0. The van der Waals surface area contributed by atoms with E-state index in [0.717, 1.165) is 4.90 Å². The molecule has 76 valence electrons. The van der Waals surface area contributed by atoms with Gasteiger partial charge in [0.1, 0.15) is 0 Å². The summed E-state index contributed by atoms with van der Waals surface area (Å²) in [5.74, 6) is 0.615. The van der Waals surface area contributed by atoms with Crippen LogP contribution in [0.4, 0.5) is 0 Å². The Morgan fingerprint density at radius 3 is 2.79 bits per heavy atom. The lowest BCUT2D eigenvalue weighted by molar-refractivity contribution is 0.101. The third-order valence-corrected chi connectivity index (χ3v) is 3.17. The Balaban J connectivity index is 2.84. The first kappa shape index (κ1) is 11.6. The number of rotatable bonds is 4. The molecule has 0 aromatic heterocycles. The van der Waals surface area contributed by atoms with Crippen molar-refractivity contribution in [1.82, 2.24) is 0 Å². The number of benzene rings is 1. The lowest BCUT2D eigenvalue weighted by Gasteiger charge is -2.03. The molecule has 0 bridgehead atoms. The quantitative estimate of drug-likeness (QED) is 0.638. The summed E-state index contributed by atoms with van der Waals surface area (Å²) in [4.78, 5) is 11.9. The van der Waals surface area contributed by atoms with Gasteiger partial charge in [0.15, 0.2) is 5.78 Å². The molecule has 0 heterocycles. The smallest absolute Gasteiger partial charge is 0.159 e. The molecule has 0 spiro atoms. The Hall–Kier alpha value is -0.510. The minimum atomic E-state index is 0.00519.